The molecule has 0 radical (unpaired) electrons. The number of furan rings is 2. The second kappa shape index (κ2) is 8.73. The summed E-state index contributed by atoms with van der Waals surface area (Å²) in [6, 6.07) is 45.8. The van der Waals surface area contributed by atoms with Gasteiger partial charge < -0.3 is 8.83 Å². The first-order valence-electron chi connectivity index (χ1n) is 13.2. The number of nitriles is 1. The molecule has 0 saturated carbocycles. The van der Waals surface area contributed by atoms with Crippen molar-refractivity contribution >= 4 is 43.9 Å². The normalized spacial score (nSPS) is 11.5. The Kier molecular flexibility index (Phi) is 4.89. The molecular weight excluding hydrogens is 490 g/mol. The molecule has 2 heterocycles. The number of hydrogen-bond acceptors (Lipinski definition) is 3. The van der Waals surface area contributed by atoms with Gasteiger partial charge in [0.05, 0.1) is 11.6 Å². The molecule has 40 heavy (non-hydrogen) atoms. The SMILES string of the molecule is N#Cc1ccc(-c2ccc(-c3ccc4oc5ccccc5c4c3)c(-c3ccc4oc5ccccc5c4c3)c2)cc1. The largest absolute Gasteiger partial charge is 0.456 e. The minimum Gasteiger partial charge on any atom is -0.456 e. The van der Waals surface area contributed by atoms with Gasteiger partial charge in [-0.25, -0.2) is 0 Å². The summed E-state index contributed by atoms with van der Waals surface area (Å²) in [6.45, 7) is 0. The van der Waals surface area contributed by atoms with Crippen molar-refractivity contribution < 1.29 is 8.83 Å². The summed E-state index contributed by atoms with van der Waals surface area (Å²) in [5, 5.41) is 13.7. The lowest BCUT2D eigenvalue weighted by Gasteiger charge is -2.14. The van der Waals surface area contributed by atoms with E-state index in [0.29, 0.717) is 5.56 Å². The van der Waals surface area contributed by atoms with E-state index in [-0.39, 0.29) is 0 Å². The van der Waals surface area contributed by atoms with Gasteiger partial charge in [0.1, 0.15) is 22.3 Å². The molecule has 2 aromatic heterocycles. The van der Waals surface area contributed by atoms with Crippen LogP contribution in [0.3, 0.4) is 0 Å². The number of fused-ring (bicyclic) bond motifs is 6. The number of hydrogen-bond donors (Lipinski definition) is 0. The van der Waals surface area contributed by atoms with Crippen LogP contribution in [0.5, 0.6) is 0 Å². The molecule has 3 nitrogen and oxygen atoms in total. The highest BCUT2D eigenvalue weighted by Crippen LogP contribution is 2.40. The molecule has 8 rings (SSSR count). The monoisotopic (exact) mass is 511 g/mol. The molecule has 6 aromatic carbocycles. The maximum atomic E-state index is 9.26. The zero-order valence-corrected chi connectivity index (χ0v) is 21.4. The first kappa shape index (κ1) is 22.4. The molecule has 0 atom stereocenters. The average Bonchev–Trinajstić information content (AvgIpc) is 3.58. The van der Waals surface area contributed by atoms with E-state index in [1.807, 2.05) is 60.7 Å². The van der Waals surface area contributed by atoms with Crippen molar-refractivity contribution in [3.8, 4) is 39.4 Å². The molecule has 0 aliphatic carbocycles. The van der Waals surface area contributed by atoms with Gasteiger partial charge in [0, 0.05) is 21.5 Å². The van der Waals surface area contributed by atoms with Gasteiger partial charge in [0.2, 0.25) is 0 Å². The van der Waals surface area contributed by atoms with E-state index < -0.39 is 0 Å². The van der Waals surface area contributed by atoms with Gasteiger partial charge in [0.15, 0.2) is 0 Å². The Balaban J connectivity index is 1.37. The topological polar surface area (TPSA) is 50.1 Å². The van der Waals surface area contributed by atoms with E-state index in [2.05, 4.69) is 72.8 Å². The van der Waals surface area contributed by atoms with Crippen LogP contribution in [0.25, 0.3) is 77.3 Å². The lowest BCUT2D eigenvalue weighted by molar-refractivity contribution is 0.668. The quantitative estimate of drug-likeness (QED) is 0.237. The minimum atomic E-state index is 0.651. The van der Waals surface area contributed by atoms with Gasteiger partial charge >= 0.3 is 0 Å². The van der Waals surface area contributed by atoms with Crippen molar-refractivity contribution in [2.75, 3.05) is 0 Å². The Labute approximate surface area is 230 Å². The predicted molar refractivity (Wildman–Crippen MR) is 162 cm³/mol. The Bertz CT molecular complexity index is 2280. The molecule has 0 spiro atoms. The summed E-state index contributed by atoms with van der Waals surface area (Å²) in [5.41, 5.74) is 10.8. The number of para-hydroxylation sites is 2. The van der Waals surface area contributed by atoms with Crippen molar-refractivity contribution in [2.45, 2.75) is 0 Å². The van der Waals surface area contributed by atoms with Gasteiger partial charge in [-0.2, -0.15) is 5.26 Å². The van der Waals surface area contributed by atoms with Gasteiger partial charge in [-0.1, -0.05) is 72.8 Å². The summed E-state index contributed by atoms with van der Waals surface area (Å²) in [4.78, 5) is 0. The molecule has 3 heteroatoms. The maximum Gasteiger partial charge on any atom is 0.135 e. The third-order valence-corrected chi connectivity index (χ3v) is 7.74. The van der Waals surface area contributed by atoms with Crippen LogP contribution < -0.4 is 0 Å². The van der Waals surface area contributed by atoms with Crippen molar-refractivity contribution in [1.82, 2.24) is 0 Å². The highest BCUT2D eigenvalue weighted by atomic mass is 16.3. The molecule has 0 aliphatic heterocycles. The van der Waals surface area contributed by atoms with Gasteiger partial charge in [0.25, 0.3) is 0 Å². The summed E-state index contributed by atoms with van der Waals surface area (Å²) >= 11 is 0. The third-order valence-electron chi connectivity index (χ3n) is 7.74. The fourth-order valence-electron chi connectivity index (χ4n) is 5.74. The standard InChI is InChI=1S/C37H21NO2/c38-22-23-9-11-24(12-10-23)25-13-16-28(26-14-17-36-32(20-26)29-5-1-3-7-34(29)39-36)31(19-25)27-15-18-37-33(21-27)30-6-2-4-8-35(30)40-37/h1-21H. The minimum absolute atomic E-state index is 0.651. The molecule has 0 bridgehead atoms. The van der Waals surface area contributed by atoms with E-state index in [1.165, 1.54) is 0 Å². The third kappa shape index (κ3) is 3.51. The van der Waals surface area contributed by atoms with E-state index in [4.69, 9.17) is 8.83 Å². The smallest absolute Gasteiger partial charge is 0.135 e. The second-order valence-electron chi connectivity index (χ2n) is 10.1. The fourth-order valence-corrected chi connectivity index (χ4v) is 5.74. The molecule has 0 unspecified atom stereocenters. The molecule has 0 saturated heterocycles. The summed E-state index contributed by atoms with van der Waals surface area (Å²) in [6.07, 6.45) is 0. The predicted octanol–water partition coefficient (Wildman–Crippen LogP) is 10.4. The Morgan fingerprint density at radius 3 is 1.50 bits per heavy atom. The maximum absolute atomic E-state index is 9.26. The average molecular weight is 512 g/mol. The van der Waals surface area contributed by atoms with Gasteiger partial charge in [-0.15, -0.1) is 0 Å². The van der Waals surface area contributed by atoms with Crippen LogP contribution in [0.4, 0.5) is 0 Å². The summed E-state index contributed by atoms with van der Waals surface area (Å²) < 4.78 is 12.2. The van der Waals surface area contributed by atoms with Crippen LogP contribution in [-0.2, 0) is 0 Å². The van der Waals surface area contributed by atoms with E-state index in [9.17, 15) is 5.26 Å². The van der Waals surface area contributed by atoms with Crippen molar-refractivity contribution in [3.05, 3.63) is 133 Å². The molecule has 8 aromatic rings. The molecule has 0 N–H and O–H groups in total. The number of nitrogens with zero attached hydrogens (tertiary/aromatic N) is 1. The Morgan fingerprint density at radius 2 is 0.900 bits per heavy atom. The zero-order valence-electron chi connectivity index (χ0n) is 21.4. The first-order chi connectivity index (χ1) is 19.7. The lowest BCUT2D eigenvalue weighted by Crippen LogP contribution is -1.88. The van der Waals surface area contributed by atoms with Crippen molar-refractivity contribution in [2.24, 2.45) is 0 Å². The molecule has 0 aliphatic rings. The van der Waals surface area contributed by atoms with Crippen LogP contribution in [-0.4, -0.2) is 0 Å². The van der Waals surface area contributed by atoms with Crippen molar-refractivity contribution in [1.29, 1.82) is 5.26 Å². The van der Waals surface area contributed by atoms with E-state index >= 15 is 0 Å². The highest BCUT2D eigenvalue weighted by Gasteiger charge is 2.15. The highest BCUT2D eigenvalue weighted by molar-refractivity contribution is 6.08. The molecular formula is C37H21NO2. The van der Waals surface area contributed by atoms with Crippen LogP contribution in [0, 0.1) is 11.3 Å². The van der Waals surface area contributed by atoms with E-state index in [0.717, 1.165) is 77.3 Å². The Hall–Kier alpha value is -5.59. The van der Waals surface area contributed by atoms with Gasteiger partial charge in [-0.3, -0.25) is 0 Å². The van der Waals surface area contributed by atoms with E-state index in [1.54, 1.807) is 0 Å². The molecule has 186 valence electrons. The number of rotatable bonds is 3. The Morgan fingerprint density at radius 1 is 0.400 bits per heavy atom. The van der Waals surface area contributed by atoms with Crippen molar-refractivity contribution in [3.63, 3.8) is 0 Å². The van der Waals surface area contributed by atoms with Crippen LogP contribution in [0.1, 0.15) is 5.56 Å². The van der Waals surface area contributed by atoms with Crippen LogP contribution in [0.15, 0.2) is 136 Å². The lowest BCUT2D eigenvalue weighted by atomic mass is 9.90. The first-order valence-corrected chi connectivity index (χ1v) is 13.2. The van der Waals surface area contributed by atoms with Crippen LogP contribution >= 0.6 is 0 Å². The summed E-state index contributed by atoms with van der Waals surface area (Å²) in [5.74, 6) is 0. The second-order valence-corrected chi connectivity index (χ2v) is 10.1. The fraction of sp³-hybridized carbons (Fsp3) is 0. The zero-order chi connectivity index (χ0) is 26.6. The molecule has 0 amide bonds. The van der Waals surface area contributed by atoms with Crippen LogP contribution in [0.2, 0.25) is 0 Å². The number of benzene rings is 6. The summed E-state index contributed by atoms with van der Waals surface area (Å²) in [7, 11) is 0. The van der Waals surface area contributed by atoms with Gasteiger partial charge in [-0.05, 0) is 88.0 Å². The molecule has 0 fully saturated rings.